The number of aromatic carboxylic acids is 1. The molecule has 1 heterocycles. The van der Waals surface area contributed by atoms with Crippen molar-refractivity contribution in [3.8, 4) is 11.5 Å². The van der Waals surface area contributed by atoms with E-state index in [9.17, 15) is 14.7 Å². The van der Waals surface area contributed by atoms with Gasteiger partial charge in [-0.05, 0) is 29.3 Å². The first-order valence-corrected chi connectivity index (χ1v) is 7.51. The summed E-state index contributed by atoms with van der Waals surface area (Å²) < 4.78 is 10.6. The number of amides is 1. The summed E-state index contributed by atoms with van der Waals surface area (Å²) in [4.78, 5) is 23.5. The minimum atomic E-state index is -1.07. The van der Waals surface area contributed by atoms with Crippen molar-refractivity contribution in [2.24, 2.45) is 0 Å². The van der Waals surface area contributed by atoms with E-state index in [1.54, 1.807) is 12.1 Å². The van der Waals surface area contributed by atoms with E-state index in [2.05, 4.69) is 5.32 Å². The van der Waals surface area contributed by atoms with Gasteiger partial charge in [-0.1, -0.05) is 24.3 Å². The van der Waals surface area contributed by atoms with Gasteiger partial charge >= 0.3 is 5.97 Å². The molecule has 0 aliphatic carbocycles. The van der Waals surface area contributed by atoms with E-state index in [4.69, 9.17) is 9.47 Å². The Morgan fingerprint density at radius 2 is 2.08 bits per heavy atom. The fourth-order valence-corrected chi connectivity index (χ4v) is 2.66. The summed E-state index contributed by atoms with van der Waals surface area (Å²) in [5.74, 6) is -0.282. The fraction of sp³-hybridized carbons (Fsp3) is 0.222. The number of hydrogen-bond donors (Lipinski definition) is 2. The molecule has 6 nitrogen and oxygen atoms in total. The van der Waals surface area contributed by atoms with E-state index in [0.717, 1.165) is 11.3 Å². The molecule has 6 heteroatoms. The van der Waals surface area contributed by atoms with Gasteiger partial charge in [0.1, 0.15) is 17.1 Å². The maximum absolute atomic E-state index is 12.3. The van der Waals surface area contributed by atoms with Gasteiger partial charge in [-0.25, -0.2) is 4.79 Å². The average molecular weight is 327 g/mol. The van der Waals surface area contributed by atoms with Crippen molar-refractivity contribution >= 4 is 11.9 Å². The fourth-order valence-electron chi connectivity index (χ4n) is 2.66. The molecule has 0 unspecified atom stereocenters. The predicted molar refractivity (Wildman–Crippen MR) is 86.4 cm³/mol. The first-order valence-electron chi connectivity index (χ1n) is 7.51. The molecule has 0 spiro atoms. The third kappa shape index (κ3) is 3.17. The molecule has 2 aromatic rings. The van der Waals surface area contributed by atoms with Gasteiger partial charge in [0, 0.05) is 13.0 Å². The molecule has 0 bridgehead atoms. The Kier molecular flexibility index (Phi) is 4.37. The Bertz CT molecular complexity index is 762. The quantitative estimate of drug-likeness (QED) is 0.877. The lowest BCUT2D eigenvalue weighted by Gasteiger charge is -2.12. The third-order valence-corrected chi connectivity index (χ3v) is 3.90. The molecule has 1 aliphatic rings. The van der Waals surface area contributed by atoms with Crippen LogP contribution in [0.1, 0.15) is 21.5 Å². The second-order valence-corrected chi connectivity index (χ2v) is 5.48. The number of benzene rings is 2. The van der Waals surface area contributed by atoms with Crippen LogP contribution in [0.4, 0.5) is 0 Å². The third-order valence-electron chi connectivity index (χ3n) is 3.90. The van der Waals surface area contributed by atoms with E-state index in [1.165, 1.54) is 13.2 Å². The summed E-state index contributed by atoms with van der Waals surface area (Å²) in [7, 11) is 1.42. The summed E-state index contributed by atoms with van der Waals surface area (Å²) in [5.41, 5.74) is 1.75. The van der Waals surface area contributed by atoms with Crippen LogP contribution in [-0.2, 0) is 17.8 Å². The average Bonchev–Trinajstić information content (AvgIpc) is 3.03. The molecule has 2 aromatic carbocycles. The monoisotopic (exact) mass is 327 g/mol. The first-order chi connectivity index (χ1) is 11.6. The Morgan fingerprint density at radius 1 is 1.29 bits per heavy atom. The first kappa shape index (κ1) is 15.9. The van der Waals surface area contributed by atoms with E-state index < -0.39 is 12.1 Å². The molecule has 24 heavy (non-hydrogen) atoms. The van der Waals surface area contributed by atoms with Crippen molar-refractivity contribution in [1.82, 2.24) is 5.32 Å². The standard InChI is InChI=1S/C18H17NO5/c1-23-15-7-6-11(8-13(15)18(21)22)10-19-17(20)16-9-12-4-2-3-5-14(12)24-16/h2-8,16H,9-10H2,1H3,(H,19,20)(H,21,22)/t16-/m1/s1. The van der Waals surface area contributed by atoms with Crippen molar-refractivity contribution in [2.45, 2.75) is 19.1 Å². The van der Waals surface area contributed by atoms with Crippen LogP contribution in [0.15, 0.2) is 42.5 Å². The topological polar surface area (TPSA) is 84.9 Å². The second-order valence-electron chi connectivity index (χ2n) is 5.48. The molecule has 2 N–H and O–H groups in total. The predicted octanol–water partition coefficient (Wildman–Crippen LogP) is 2.01. The number of fused-ring (bicyclic) bond motifs is 1. The van der Waals surface area contributed by atoms with Crippen LogP contribution in [0.25, 0.3) is 0 Å². The number of carbonyl (C=O) groups excluding carboxylic acids is 1. The number of methoxy groups -OCH3 is 1. The number of rotatable bonds is 5. The highest BCUT2D eigenvalue weighted by atomic mass is 16.5. The van der Waals surface area contributed by atoms with Crippen LogP contribution in [-0.4, -0.2) is 30.2 Å². The minimum Gasteiger partial charge on any atom is -0.496 e. The Labute approximate surface area is 139 Å². The molecule has 1 amide bonds. The number of nitrogens with one attached hydrogen (secondary N) is 1. The largest absolute Gasteiger partial charge is 0.496 e. The normalized spacial score (nSPS) is 15.3. The zero-order valence-corrected chi connectivity index (χ0v) is 13.1. The number of ether oxygens (including phenoxy) is 2. The van der Waals surface area contributed by atoms with Gasteiger partial charge in [0.15, 0.2) is 6.10 Å². The van der Waals surface area contributed by atoms with Crippen LogP contribution >= 0.6 is 0 Å². The minimum absolute atomic E-state index is 0.0637. The SMILES string of the molecule is COc1ccc(CNC(=O)[C@H]2Cc3ccccc3O2)cc1C(=O)O. The van der Waals surface area contributed by atoms with E-state index in [0.29, 0.717) is 12.0 Å². The number of carboxylic acid groups (broad SMARTS) is 1. The highest BCUT2D eigenvalue weighted by molar-refractivity contribution is 5.91. The van der Waals surface area contributed by atoms with Crippen molar-refractivity contribution in [3.05, 3.63) is 59.2 Å². The molecular formula is C18H17NO5. The molecule has 0 saturated carbocycles. The molecule has 0 saturated heterocycles. The van der Waals surface area contributed by atoms with Gasteiger partial charge in [0.05, 0.1) is 7.11 Å². The molecule has 0 radical (unpaired) electrons. The lowest BCUT2D eigenvalue weighted by atomic mass is 10.1. The summed E-state index contributed by atoms with van der Waals surface area (Å²) in [6.45, 7) is 0.222. The Balaban J connectivity index is 1.63. The summed E-state index contributed by atoms with van der Waals surface area (Å²) in [6, 6.07) is 12.3. The lowest BCUT2D eigenvalue weighted by molar-refractivity contribution is -0.127. The van der Waals surface area contributed by atoms with Gasteiger partial charge < -0.3 is 19.9 Å². The molecule has 0 aromatic heterocycles. The molecule has 0 fully saturated rings. The van der Waals surface area contributed by atoms with Crippen LogP contribution in [0.2, 0.25) is 0 Å². The Morgan fingerprint density at radius 3 is 2.79 bits per heavy atom. The molecule has 1 atom stereocenters. The van der Waals surface area contributed by atoms with E-state index >= 15 is 0 Å². The van der Waals surface area contributed by atoms with Crippen LogP contribution in [0, 0.1) is 0 Å². The second kappa shape index (κ2) is 6.62. The van der Waals surface area contributed by atoms with Crippen molar-refractivity contribution < 1.29 is 24.2 Å². The van der Waals surface area contributed by atoms with Crippen molar-refractivity contribution in [2.75, 3.05) is 7.11 Å². The van der Waals surface area contributed by atoms with Crippen LogP contribution in [0.3, 0.4) is 0 Å². The molecule has 124 valence electrons. The smallest absolute Gasteiger partial charge is 0.339 e. The lowest BCUT2D eigenvalue weighted by Crippen LogP contribution is -2.37. The number of para-hydroxylation sites is 1. The number of hydrogen-bond acceptors (Lipinski definition) is 4. The summed E-state index contributed by atoms with van der Waals surface area (Å²) in [5, 5.41) is 12.0. The van der Waals surface area contributed by atoms with Gasteiger partial charge in [-0.15, -0.1) is 0 Å². The Hall–Kier alpha value is -3.02. The highest BCUT2D eigenvalue weighted by Crippen LogP contribution is 2.28. The van der Waals surface area contributed by atoms with Crippen molar-refractivity contribution in [3.63, 3.8) is 0 Å². The van der Waals surface area contributed by atoms with Crippen LogP contribution < -0.4 is 14.8 Å². The van der Waals surface area contributed by atoms with Gasteiger partial charge in [0.25, 0.3) is 5.91 Å². The summed E-state index contributed by atoms with van der Waals surface area (Å²) in [6.07, 6.45) is -0.0232. The number of carbonyl (C=O) groups is 2. The van der Waals surface area contributed by atoms with Crippen LogP contribution in [0.5, 0.6) is 11.5 Å². The molecular weight excluding hydrogens is 310 g/mol. The van der Waals surface area contributed by atoms with E-state index in [-0.39, 0.29) is 23.8 Å². The highest BCUT2D eigenvalue weighted by Gasteiger charge is 2.28. The number of carboxylic acids is 1. The zero-order chi connectivity index (χ0) is 17.1. The molecule has 3 rings (SSSR count). The maximum atomic E-state index is 12.3. The van der Waals surface area contributed by atoms with Gasteiger partial charge in [-0.2, -0.15) is 0 Å². The maximum Gasteiger partial charge on any atom is 0.339 e. The summed E-state index contributed by atoms with van der Waals surface area (Å²) >= 11 is 0. The van der Waals surface area contributed by atoms with Gasteiger partial charge in [-0.3, -0.25) is 4.79 Å². The van der Waals surface area contributed by atoms with Crippen molar-refractivity contribution in [1.29, 1.82) is 0 Å². The molecule has 1 aliphatic heterocycles. The van der Waals surface area contributed by atoms with E-state index in [1.807, 2.05) is 24.3 Å². The zero-order valence-electron chi connectivity index (χ0n) is 13.1. The van der Waals surface area contributed by atoms with Gasteiger partial charge in [0.2, 0.25) is 0 Å².